The molecule has 0 aliphatic carbocycles. The van der Waals surface area contributed by atoms with Crippen LogP contribution in [0.5, 0.6) is 0 Å². The highest BCUT2D eigenvalue weighted by molar-refractivity contribution is 9.10. The highest BCUT2D eigenvalue weighted by atomic mass is 79.9. The molecule has 4 aromatic rings. The number of aryl methyl sites for hydroxylation is 1. The molecule has 8 nitrogen and oxygen atoms in total. The fourth-order valence-electron chi connectivity index (χ4n) is 3.99. The molecule has 0 fully saturated rings. The molecule has 0 spiro atoms. The van der Waals surface area contributed by atoms with Crippen molar-refractivity contribution >= 4 is 61.0 Å². The van der Waals surface area contributed by atoms with E-state index in [4.69, 9.17) is 9.15 Å². The van der Waals surface area contributed by atoms with Crippen LogP contribution in [-0.2, 0) is 9.53 Å². The Bertz CT molecular complexity index is 1500. The van der Waals surface area contributed by atoms with Crippen LogP contribution in [0.4, 0.5) is 5.13 Å². The molecule has 0 saturated carbocycles. The number of furan rings is 1. The third-order valence-corrected chi connectivity index (χ3v) is 7.32. The smallest absolute Gasteiger partial charge is 0.350 e. The Balaban J connectivity index is 1.65. The van der Waals surface area contributed by atoms with Gasteiger partial charge >= 0.3 is 5.97 Å². The molecule has 176 valence electrons. The number of ketones is 1. The van der Waals surface area contributed by atoms with Gasteiger partial charge in [0, 0.05) is 9.86 Å². The number of esters is 1. The lowest BCUT2D eigenvalue weighted by Crippen LogP contribution is -2.31. The number of anilines is 1. The fraction of sp³-hybridized carbons (Fsp3) is 0.120. The molecular formula is C25H17BrN2O6S. The lowest BCUT2D eigenvalue weighted by atomic mass is 9.95. The Morgan fingerprint density at radius 3 is 2.57 bits per heavy atom. The van der Waals surface area contributed by atoms with E-state index in [1.165, 1.54) is 12.0 Å². The van der Waals surface area contributed by atoms with Crippen molar-refractivity contribution in [3.05, 3.63) is 92.3 Å². The monoisotopic (exact) mass is 552 g/mol. The predicted molar refractivity (Wildman–Crippen MR) is 133 cm³/mol. The number of carbonyl (C=O) groups is 3. The Morgan fingerprint density at radius 2 is 1.89 bits per heavy atom. The summed E-state index contributed by atoms with van der Waals surface area (Å²) in [5, 5.41) is 11.8. The number of rotatable bonds is 5. The van der Waals surface area contributed by atoms with Crippen LogP contribution >= 0.6 is 27.3 Å². The largest absolute Gasteiger partial charge is 0.503 e. The number of thiazole rings is 1. The van der Waals surface area contributed by atoms with Crippen LogP contribution in [0.25, 0.3) is 11.0 Å². The van der Waals surface area contributed by atoms with Crippen LogP contribution in [0.3, 0.4) is 0 Å². The second-order valence-corrected chi connectivity index (χ2v) is 9.66. The summed E-state index contributed by atoms with van der Waals surface area (Å²) in [7, 11) is 1.25. The van der Waals surface area contributed by atoms with Crippen molar-refractivity contribution < 1.29 is 28.6 Å². The fourth-order valence-corrected chi connectivity index (χ4v) is 5.26. The molecule has 10 heteroatoms. The van der Waals surface area contributed by atoms with E-state index >= 15 is 0 Å². The number of carbonyl (C=O) groups excluding carboxylic acids is 3. The quantitative estimate of drug-likeness (QED) is 0.256. The molecule has 1 aliphatic heterocycles. The van der Waals surface area contributed by atoms with E-state index in [1.54, 1.807) is 55.5 Å². The minimum absolute atomic E-state index is 0.00455. The van der Waals surface area contributed by atoms with Gasteiger partial charge in [-0.2, -0.15) is 0 Å². The number of nitrogens with zero attached hydrogens (tertiary/aromatic N) is 2. The second-order valence-electron chi connectivity index (χ2n) is 7.77. The summed E-state index contributed by atoms with van der Waals surface area (Å²) in [5.74, 6) is -2.72. The summed E-state index contributed by atoms with van der Waals surface area (Å²) >= 11 is 4.34. The third-order valence-electron chi connectivity index (χ3n) is 5.65. The molecule has 35 heavy (non-hydrogen) atoms. The molecule has 5 rings (SSSR count). The van der Waals surface area contributed by atoms with E-state index in [-0.39, 0.29) is 21.3 Å². The van der Waals surface area contributed by atoms with Crippen LogP contribution in [0.2, 0.25) is 0 Å². The van der Waals surface area contributed by atoms with Gasteiger partial charge in [-0.15, -0.1) is 0 Å². The molecular weight excluding hydrogens is 536 g/mol. The number of aliphatic hydroxyl groups is 1. The average Bonchev–Trinajstić information content (AvgIpc) is 3.53. The van der Waals surface area contributed by atoms with Crippen LogP contribution < -0.4 is 4.90 Å². The predicted octanol–water partition coefficient (Wildman–Crippen LogP) is 5.53. The van der Waals surface area contributed by atoms with Crippen LogP contribution in [0.15, 0.2) is 74.8 Å². The first-order chi connectivity index (χ1) is 16.8. The van der Waals surface area contributed by atoms with E-state index in [0.717, 1.165) is 21.2 Å². The molecule has 0 radical (unpaired) electrons. The number of hydrogen-bond donors (Lipinski definition) is 1. The number of para-hydroxylation sites is 1. The molecule has 2 aromatic carbocycles. The standard InChI is InChI=1S/C25H17BrN2O6S/c1-12-22(24(32)33-2)35-25(27-12)28-19(13-7-9-15(26)10-8-13)18(21(30)23(28)31)20(29)17-11-14-5-3-4-6-16(14)34-17/h3-11,19,30H,1-2H3. The van der Waals surface area contributed by atoms with Gasteiger partial charge in [0.2, 0.25) is 5.78 Å². The molecule has 1 atom stereocenters. The van der Waals surface area contributed by atoms with Gasteiger partial charge in [0.15, 0.2) is 16.7 Å². The highest BCUT2D eigenvalue weighted by Crippen LogP contribution is 2.44. The molecule has 3 heterocycles. The zero-order chi connectivity index (χ0) is 24.9. The summed E-state index contributed by atoms with van der Waals surface area (Å²) in [6.07, 6.45) is 0. The zero-order valence-electron chi connectivity index (χ0n) is 18.4. The molecule has 1 N–H and O–H groups in total. The van der Waals surface area contributed by atoms with Gasteiger partial charge in [0.1, 0.15) is 10.5 Å². The number of benzene rings is 2. The maximum Gasteiger partial charge on any atom is 0.350 e. The number of amides is 1. The number of ether oxygens (including phenoxy) is 1. The molecule has 2 aromatic heterocycles. The number of Topliss-reactive ketones (excluding diaryl/α,β-unsaturated/α-hetero) is 1. The highest BCUT2D eigenvalue weighted by Gasteiger charge is 2.47. The summed E-state index contributed by atoms with van der Waals surface area (Å²) in [6.45, 7) is 1.62. The summed E-state index contributed by atoms with van der Waals surface area (Å²) in [6, 6.07) is 14.7. The third kappa shape index (κ3) is 3.84. The van der Waals surface area contributed by atoms with Crippen LogP contribution in [-0.4, -0.2) is 34.9 Å². The van der Waals surface area contributed by atoms with Crippen molar-refractivity contribution in [1.82, 2.24) is 4.98 Å². The number of aromatic nitrogens is 1. The average molecular weight is 553 g/mol. The number of fused-ring (bicyclic) bond motifs is 1. The lowest BCUT2D eigenvalue weighted by molar-refractivity contribution is -0.117. The number of methoxy groups -OCH3 is 1. The van der Waals surface area contributed by atoms with Crippen molar-refractivity contribution in [3.8, 4) is 0 Å². The van der Waals surface area contributed by atoms with E-state index in [1.807, 2.05) is 6.07 Å². The Kier molecular flexibility index (Phi) is 5.78. The first kappa shape index (κ1) is 23.0. The van der Waals surface area contributed by atoms with Gasteiger partial charge in [0.05, 0.1) is 24.4 Å². The van der Waals surface area contributed by atoms with E-state index in [0.29, 0.717) is 16.8 Å². The normalized spacial score (nSPS) is 15.8. The summed E-state index contributed by atoms with van der Waals surface area (Å²) < 4.78 is 11.3. The van der Waals surface area contributed by atoms with E-state index in [9.17, 15) is 19.5 Å². The molecule has 0 saturated heterocycles. The molecule has 1 unspecified atom stereocenters. The topological polar surface area (TPSA) is 110 Å². The van der Waals surface area contributed by atoms with Crippen molar-refractivity contribution in [2.75, 3.05) is 12.0 Å². The first-order valence-corrected chi connectivity index (χ1v) is 12.0. The minimum Gasteiger partial charge on any atom is -0.503 e. The van der Waals surface area contributed by atoms with Gasteiger partial charge in [0.25, 0.3) is 5.91 Å². The maximum atomic E-state index is 13.6. The van der Waals surface area contributed by atoms with Crippen LogP contribution in [0, 0.1) is 6.92 Å². The van der Waals surface area contributed by atoms with Gasteiger partial charge in [-0.25, -0.2) is 9.78 Å². The van der Waals surface area contributed by atoms with Gasteiger partial charge in [-0.1, -0.05) is 57.6 Å². The van der Waals surface area contributed by atoms with Gasteiger partial charge < -0.3 is 14.3 Å². The minimum atomic E-state index is -0.993. The lowest BCUT2D eigenvalue weighted by Gasteiger charge is -2.24. The van der Waals surface area contributed by atoms with E-state index < -0.39 is 29.5 Å². The van der Waals surface area contributed by atoms with Crippen molar-refractivity contribution in [2.24, 2.45) is 0 Å². The summed E-state index contributed by atoms with van der Waals surface area (Å²) in [5.41, 5.74) is 1.31. The Labute approximate surface area is 211 Å². The van der Waals surface area contributed by atoms with Crippen molar-refractivity contribution in [2.45, 2.75) is 13.0 Å². The number of aliphatic hydroxyl groups excluding tert-OH is 1. The Morgan fingerprint density at radius 1 is 1.17 bits per heavy atom. The molecule has 1 amide bonds. The summed E-state index contributed by atoms with van der Waals surface area (Å²) in [4.78, 5) is 44.9. The zero-order valence-corrected chi connectivity index (χ0v) is 20.8. The first-order valence-electron chi connectivity index (χ1n) is 10.4. The van der Waals surface area contributed by atoms with Crippen molar-refractivity contribution in [3.63, 3.8) is 0 Å². The van der Waals surface area contributed by atoms with E-state index in [2.05, 4.69) is 20.9 Å². The number of halogens is 1. The molecule has 0 bridgehead atoms. The Hall–Kier alpha value is -3.76. The van der Waals surface area contributed by atoms with Crippen LogP contribution in [0.1, 0.15) is 37.5 Å². The SMILES string of the molecule is COC(=O)c1sc(N2C(=O)C(O)=C(C(=O)c3cc4ccccc4o3)C2c2ccc(Br)cc2)nc1C. The van der Waals surface area contributed by atoms with Gasteiger partial charge in [-0.05, 0) is 36.8 Å². The number of hydrogen-bond acceptors (Lipinski definition) is 8. The maximum absolute atomic E-state index is 13.6. The molecule has 1 aliphatic rings. The van der Waals surface area contributed by atoms with Gasteiger partial charge in [-0.3, -0.25) is 14.5 Å². The second kappa shape index (κ2) is 8.79. The van der Waals surface area contributed by atoms with Crippen molar-refractivity contribution in [1.29, 1.82) is 0 Å².